The number of unbranched alkanes of at least 4 members (excludes halogenated alkanes) is 1. The summed E-state index contributed by atoms with van der Waals surface area (Å²) in [6.07, 6.45) is 1.39. The van der Waals surface area contributed by atoms with Crippen molar-refractivity contribution in [2.24, 2.45) is 5.73 Å². The van der Waals surface area contributed by atoms with E-state index in [0.29, 0.717) is 54.3 Å². The molecule has 7 nitrogen and oxygen atoms in total. The molecule has 0 bridgehead atoms. The number of carbonyl (C=O) groups is 2. The molecule has 2 heterocycles. The highest BCUT2D eigenvalue weighted by molar-refractivity contribution is 6.35. The number of fused-ring (bicyclic) bond motifs is 1. The minimum atomic E-state index is -0.761. The largest absolute Gasteiger partial charge is 0.449 e. The Balaban J connectivity index is 1.53. The molecule has 2 N–H and O–H groups in total. The lowest BCUT2D eigenvalue weighted by Gasteiger charge is -2.34. The predicted molar refractivity (Wildman–Crippen MR) is 134 cm³/mol. The van der Waals surface area contributed by atoms with Gasteiger partial charge in [0.1, 0.15) is 11.6 Å². The molecule has 10 heteroatoms. The summed E-state index contributed by atoms with van der Waals surface area (Å²) in [7, 11) is 0. The minimum Gasteiger partial charge on any atom is -0.449 e. The second-order valence-electron chi connectivity index (χ2n) is 8.59. The first-order chi connectivity index (χ1) is 17.3. The zero-order valence-corrected chi connectivity index (χ0v) is 20.7. The molecule has 3 aromatic rings. The number of ether oxygens (including phenoxy) is 1. The maximum Gasteiger partial charge on any atom is 0.409 e. The lowest BCUT2D eigenvalue weighted by molar-refractivity contribution is 0.0558. The molecule has 1 saturated heterocycles. The maximum atomic E-state index is 14.3. The summed E-state index contributed by atoms with van der Waals surface area (Å²) >= 11 is 6.43. The molecule has 0 aliphatic carbocycles. The lowest BCUT2D eigenvalue weighted by atomic mass is 10.0. The van der Waals surface area contributed by atoms with E-state index in [1.165, 1.54) is 6.07 Å². The van der Waals surface area contributed by atoms with E-state index in [4.69, 9.17) is 22.1 Å². The number of nitrogens with two attached hydrogens (primary N) is 1. The Bertz CT molecular complexity index is 1270. The fourth-order valence-corrected chi connectivity index (χ4v) is 4.35. The molecule has 1 fully saturated rings. The van der Waals surface area contributed by atoms with E-state index in [9.17, 15) is 18.4 Å². The fourth-order valence-electron chi connectivity index (χ4n) is 4.08. The van der Waals surface area contributed by atoms with Gasteiger partial charge in [-0.05, 0) is 36.8 Å². The van der Waals surface area contributed by atoms with Crippen LogP contribution < -0.4 is 5.73 Å². The monoisotopic (exact) mass is 516 g/mol. The van der Waals surface area contributed by atoms with Gasteiger partial charge in [0, 0.05) is 54.8 Å². The number of carbonyl (C=O) groups excluding carboxylic acids is 2. The third-order valence-corrected chi connectivity index (χ3v) is 6.51. The molecule has 36 heavy (non-hydrogen) atoms. The summed E-state index contributed by atoms with van der Waals surface area (Å²) in [6.45, 7) is 3.67. The number of benzene rings is 2. The van der Waals surface area contributed by atoms with Gasteiger partial charge in [0.05, 0.1) is 22.8 Å². The first kappa shape index (κ1) is 25.8. The van der Waals surface area contributed by atoms with E-state index in [-0.39, 0.29) is 35.4 Å². The van der Waals surface area contributed by atoms with Crippen molar-refractivity contribution in [1.29, 1.82) is 0 Å². The molecule has 190 valence electrons. The van der Waals surface area contributed by atoms with Crippen LogP contribution in [0.25, 0.3) is 22.2 Å². The van der Waals surface area contributed by atoms with Crippen LogP contribution in [0, 0.1) is 11.6 Å². The van der Waals surface area contributed by atoms with Crippen molar-refractivity contribution in [3.8, 4) is 11.3 Å². The number of pyridine rings is 1. The van der Waals surface area contributed by atoms with Crippen LogP contribution in [0.5, 0.6) is 0 Å². The third kappa shape index (κ3) is 5.42. The molecule has 2 aromatic carbocycles. The Morgan fingerprint density at radius 2 is 1.72 bits per heavy atom. The van der Waals surface area contributed by atoms with E-state index in [1.807, 2.05) is 6.92 Å². The molecule has 0 radical (unpaired) electrons. The van der Waals surface area contributed by atoms with Gasteiger partial charge in [-0.1, -0.05) is 31.0 Å². The number of hydrogen-bond acceptors (Lipinski definition) is 5. The van der Waals surface area contributed by atoms with Crippen molar-refractivity contribution < 1.29 is 23.1 Å². The van der Waals surface area contributed by atoms with Gasteiger partial charge in [0.2, 0.25) is 0 Å². The zero-order valence-electron chi connectivity index (χ0n) is 19.9. The van der Waals surface area contributed by atoms with E-state index in [0.717, 1.165) is 25.0 Å². The average molecular weight is 517 g/mol. The Kier molecular flexibility index (Phi) is 8.01. The molecule has 0 saturated carbocycles. The SMILES string of the molecule is CCCCOC(=O)N1CCN(C(=O)c2ccc3c(Cl)cc(-c4cc(F)c(CN)c(F)c4)nc3c2)CC1. The van der Waals surface area contributed by atoms with Crippen molar-refractivity contribution in [1.82, 2.24) is 14.8 Å². The van der Waals surface area contributed by atoms with E-state index < -0.39 is 11.6 Å². The number of amides is 2. The number of rotatable bonds is 6. The standard InChI is InChI=1S/C26H27ClF2N4O3/c1-2-3-10-36-26(35)33-8-6-32(7-9-33)25(34)16-4-5-18-20(27)14-23(31-24(18)13-16)17-11-21(28)19(15-30)22(29)12-17/h4-5,11-14H,2-3,6-10,15,30H2,1H3. The molecule has 4 rings (SSSR count). The molecule has 1 aliphatic heterocycles. The van der Waals surface area contributed by atoms with Crippen molar-refractivity contribution in [3.05, 3.63) is 64.2 Å². The van der Waals surface area contributed by atoms with Crippen molar-refractivity contribution in [3.63, 3.8) is 0 Å². The molecule has 0 atom stereocenters. The summed E-state index contributed by atoms with van der Waals surface area (Å²) in [5.74, 6) is -1.73. The molecule has 1 aromatic heterocycles. The fraction of sp³-hybridized carbons (Fsp3) is 0.346. The van der Waals surface area contributed by atoms with Crippen LogP contribution in [0.2, 0.25) is 5.02 Å². The summed E-state index contributed by atoms with van der Waals surface area (Å²) in [6, 6.07) is 8.83. The number of hydrogen-bond donors (Lipinski definition) is 1. The van der Waals surface area contributed by atoms with Crippen LogP contribution in [0.15, 0.2) is 36.4 Å². The quantitative estimate of drug-likeness (QED) is 0.466. The highest BCUT2D eigenvalue weighted by Gasteiger charge is 2.26. The van der Waals surface area contributed by atoms with Gasteiger partial charge < -0.3 is 20.3 Å². The third-order valence-electron chi connectivity index (χ3n) is 6.20. The van der Waals surface area contributed by atoms with Crippen LogP contribution in [-0.2, 0) is 11.3 Å². The summed E-state index contributed by atoms with van der Waals surface area (Å²) in [4.78, 5) is 33.1. The second-order valence-corrected chi connectivity index (χ2v) is 9.00. The van der Waals surface area contributed by atoms with Crippen LogP contribution in [0.1, 0.15) is 35.7 Å². The van der Waals surface area contributed by atoms with Crippen molar-refractivity contribution in [2.45, 2.75) is 26.3 Å². The Hall–Kier alpha value is -3.30. The van der Waals surface area contributed by atoms with E-state index >= 15 is 0 Å². The minimum absolute atomic E-state index is 0.201. The molecular weight excluding hydrogens is 490 g/mol. The molecule has 0 unspecified atom stereocenters. The van der Waals surface area contributed by atoms with Crippen LogP contribution >= 0.6 is 11.6 Å². The van der Waals surface area contributed by atoms with Gasteiger partial charge in [-0.15, -0.1) is 0 Å². The number of piperazine rings is 1. The smallest absolute Gasteiger partial charge is 0.409 e. The van der Waals surface area contributed by atoms with Crippen LogP contribution in [0.3, 0.4) is 0 Å². The van der Waals surface area contributed by atoms with Crippen LogP contribution in [-0.4, -0.2) is 59.6 Å². The average Bonchev–Trinajstić information content (AvgIpc) is 2.88. The summed E-state index contributed by atoms with van der Waals surface area (Å²) in [5, 5.41) is 0.948. The second kappa shape index (κ2) is 11.2. The zero-order chi connectivity index (χ0) is 25.8. The highest BCUT2D eigenvalue weighted by atomic mass is 35.5. The Labute approximate surface area is 212 Å². The lowest BCUT2D eigenvalue weighted by Crippen LogP contribution is -2.50. The Morgan fingerprint density at radius 1 is 1.06 bits per heavy atom. The van der Waals surface area contributed by atoms with Crippen LogP contribution in [0.4, 0.5) is 13.6 Å². The summed E-state index contributed by atoms with van der Waals surface area (Å²) in [5.41, 5.74) is 6.52. The van der Waals surface area contributed by atoms with Crippen molar-refractivity contribution in [2.75, 3.05) is 32.8 Å². The van der Waals surface area contributed by atoms with Gasteiger partial charge in [-0.2, -0.15) is 0 Å². The molecule has 0 spiro atoms. The maximum absolute atomic E-state index is 14.3. The molecule has 2 amide bonds. The van der Waals surface area contributed by atoms with Gasteiger partial charge in [-0.25, -0.2) is 18.6 Å². The first-order valence-corrected chi connectivity index (χ1v) is 12.2. The van der Waals surface area contributed by atoms with Crippen molar-refractivity contribution >= 4 is 34.5 Å². The number of nitrogens with zero attached hydrogens (tertiary/aromatic N) is 3. The predicted octanol–water partition coefficient (Wildman–Crippen LogP) is 4.99. The highest BCUT2D eigenvalue weighted by Crippen LogP contribution is 2.30. The topological polar surface area (TPSA) is 88.8 Å². The van der Waals surface area contributed by atoms with E-state index in [1.54, 1.807) is 28.0 Å². The van der Waals surface area contributed by atoms with Gasteiger partial charge in [0.15, 0.2) is 0 Å². The van der Waals surface area contributed by atoms with Gasteiger partial charge in [-0.3, -0.25) is 4.79 Å². The molecule has 1 aliphatic rings. The normalized spacial score (nSPS) is 13.8. The van der Waals surface area contributed by atoms with Gasteiger partial charge >= 0.3 is 6.09 Å². The van der Waals surface area contributed by atoms with E-state index in [2.05, 4.69) is 4.98 Å². The Morgan fingerprint density at radius 3 is 2.36 bits per heavy atom. The first-order valence-electron chi connectivity index (χ1n) is 11.8. The molecular formula is C26H27ClF2N4O3. The number of aromatic nitrogens is 1. The number of halogens is 3. The summed E-state index contributed by atoms with van der Waals surface area (Å²) < 4.78 is 33.8. The van der Waals surface area contributed by atoms with Gasteiger partial charge in [0.25, 0.3) is 5.91 Å².